The van der Waals surface area contributed by atoms with Gasteiger partial charge in [-0.2, -0.15) is 0 Å². The lowest BCUT2D eigenvalue weighted by atomic mass is 9.58. The normalized spacial score (nSPS) is 29.4. The van der Waals surface area contributed by atoms with E-state index in [0.29, 0.717) is 18.1 Å². The van der Waals surface area contributed by atoms with Gasteiger partial charge in [-0.25, -0.2) is 9.59 Å². The fourth-order valence-corrected chi connectivity index (χ4v) is 15.4. The molecule has 1 aromatic carbocycles. The van der Waals surface area contributed by atoms with E-state index in [-0.39, 0.29) is 41.6 Å². The minimum Gasteiger partial charge on any atom is -0.478 e. The maximum absolute atomic E-state index is 15.5. The van der Waals surface area contributed by atoms with E-state index in [4.69, 9.17) is 4.74 Å². The van der Waals surface area contributed by atoms with Gasteiger partial charge in [-0.3, -0.25) is 24.7 Å². The van der Waals surface area contributed by atoms with Crippen molar-refractivity contribution in [2.45, 2.75) is 137 Å². The average molecular weight is 981 g/mol. The highest BCUT2D eigenvalue weighted by molar-refractivity contribution is 8.00. The fraction of sp³-hybridized carbons (Fsp3) is 0.585. The number of hydrogen-bond donors (Lipinski definition) is 9. The number of hydrogen-bond acceptors (Lipinski definition) is 13. The number of aliphatic hydroxyl groups excluding tert-OH is 1. The van der Waals surface area contributed by atoms with Gasteiger partial charge < -0.3 is 46.4 Å². The lowest BCUT2D eigenvalue weighted by molar-refractivity contribution is -0.164. The Morgan fingerprint density at radius 3 is 2.47 bits per heavy atom. The van der Waals surface area contributed by atoms with Crippen LogP contribution in [-0.4, -0.2) is 110 Å². The van der Waals surface area contributed by atoms with E-state index >= 15 is 4.79 Å². The van der Waals surface area contributed by atoms with Gasteiger partial charge >= 0.3 is 17.9 Å². The monoisotopic (exact) mass is 980 g/mol. The number of rotatable bonds is 17. The molecule has 17 heteroatoms. The molecule has 70 heavy (non-hydrogen) atoms. The molecule has 0 bridgehead atoms. The second-order valence-corrected chi connectivity index (χ2v) is 21.9. The zero-order valence-electron chi connectivity index (χ0n) is 39.9. The van der Waals surface area contributed by atoms with Gasteiger partial charge in [0.25, 0.3) is 0 Å². The predicted molar refractivity (Wildman–Crippen MR) is 262 cm³/mol. The number of nitrogens with one attached hydrogen (secondary N) is 5. The number of carbonyl (C=O) groups is 5. The molecular formula is C53H68N6O10S. The van der Waals surface area contributed by atoms with Gasteiger partial charge in [0, 0.05) is 43.2 Å². The molecule has 10 atom stereocenters. The molecule has 1 aromatic heterocycles. The molecule has 0 unspecified atom stereocenters. The lowest BCUT2D eigenvalue weighted by Gasteiger charge is -2.51. The molecular weight excluding hydrogens is 913 g/mol. The van der Waals surface area contributed by atoms with Crippen molar-refractivity contribution in [3.8, 4) is 0 Å². The molecule has 3 fully saturated rings. The number of ether oxygens (including phenoxy) is 1. The number of nitrogens with zero attached hydrogens (tertiary/aromatic N) is 1. The SMILES string of the molecule is CNCN[C@@](O)(CCC(=O)N[C@@H](CS[C@H]1C2=C3[C@@H](CCCCCC14CCCC4)CC(Cc1ccncc1)=C([C@]14CC[C@@H]5c6ccccc6C=C[C@H](CCN1)[C@@H]54)[C@H]3C(=O)O2)C(=O)N[C@@H](O)C(=O)O)C(=O)O. The third-order valence-corrected chi connectivity index (χ3v) is 18.4. The Labute approximate surface area is 413 Å². The number of carboxylic acid groups (broad SMARTS) is 2. The number of aliphatic carboxylic acids is 2. The molecule has 1 saturated heterocycles. The topological polar surface area (TPSA) is 249 Å². The van der Waals surface area contributed by atoms with E-state index in [2.05, 4.69) is 80.1 Å². The largest absolute Gasteiger partial charge is 0.478 e. The van der Waals surface area contributed by atoms with Crippen molar-refractivity contribution in [3.05, 3.63) is 94.0 Å². The number of aliphatic hydroxyl groups is 2. The number of piperidine rings is 1. The van der Waals surface area contributed by atoms with Crippen LogP contribution in [0.25, 0.3) is 6.08 Å². The van der Waals surface area contributed by atoms with Crippen LogP contribution in [0.15, 0.2) is 77.3 Å². The number of carboxylic acids is 2. The van der Waals surface area contributed by atoms with Gasteiger partial charge in [0.15, 0.2) is 0 Å². The highest BCUT2D eigenvalue weighted by atomic mass is 32.2. The van der Waals surface area contributed by atoms with Crippen LogP contribution in [0.5, 0.6) is 0 Å². The van der Waals surface area contributed by atoms with Crippen LogP contribution in [0, 0.1) is 29.1 Å². The smallest absolute Gasteiger partial charge is 0.353 e. The molecule has 9 N–H and O–H groups in total. The first kappa shape index (κ1) is 50.0. The van der Waals surface area contributed by atoms with Crippen molar-refractivity contribution in [3.63, 3.8) is 0 Å². The quantitative estimate of drug-likeness (QED) is 0.0582. The summed E-state index contributed by atoms with van der Waals surface area (Å²) in [7, 11) is 1.55. The maximum atomic E-state index is 15.5. The van der Waals surface area contributed by atoms with Crippen molar-refractivity contribution in [2.75, 3.05) is 26.0 Å². The van der Waals surface area contributed by atoms with Gasteiger partial charge in [0.1, 0.15) is 17.7 Å². The molecule has 16 nitrogen and oxygen atoms in total. The molecule has 2 amide bonds. The van der Waals surface area contributed by atoms with Crippen molar-refractivity contribution >= 4 is 47.6 Å². The number of thioether (sulfide) groups is 1. The zero-order chi connectivity index (χ0) is 49.2. The van der Waals surface area contributed by atoms with E-state index in [9.17, 15) is 39.6 Å². The van der Waals surface area contributed by atoms with Gasteiger partial charge in [-0.15, -0.1) is 11.8 Å². The predicted octanol–water partition coefficient (Wildman–Crippen LogP) is 4.89. The second kappa shape index (κ2) is 21.0. The van der Waals surface area contributed by atoms with E-state index in [1.807, 2.05) is 12.4 Å². The van der Waals surface area contributed by atoms with Crippen LogP contribution >= 0.6 is 11.8 Å². The van der Waals surface area contributed by atoms with Crippen LogP contribution in [0.4, 0.5) is 0 Å². The summed E-state index contributed by atoms with van der Waals surface area (Å²) in [6.45, 7) is 0.744. The molecule has 0 radical (unpaired) electrons. The summed E-state index contributed by atoms with van der Waals surface area (Å²) < 4.78 is 6.88. The number of benzene rings is 1. The van der Waals surface area contributed by atoms with Crippen LogP contribution in [0.2, 0.25) is 0 Å². The van der Waals surface area contributed by atoms with Crippen molar-refractivity contribution in [1.29, 1.82) is 0 Å². The number of esters is 1. The van der Waals surface area contributed by atoms with Gasteiger partial charge in [-0.05, 0) is 140 Å². The van der Waals surface area contributed by atoms with E-state index < -0.39 is 71.3 Å². The summed E-state index contributed by atoms with van der Waals surface area (Å²) in [5.41, 5.74) is 4.02. The van der Waals surface area contributed by atoms with Crippen molar-refractivity contribution < 1.29 is 49.1 Å². The molecule has 2 aliphatic heterocycles. The van der Waals surface area contributed by atoms with Crippen molar-refractivity contribution in [1.82, 2.24) is 31.6 Å². The molecule has 1 spiro atoms. The Balaban J connectivity index is 1.13. The molecule has 7 aliphatic rings. The standard InChI is InChI=1S/C53H68N6O10S/c1-54-30-57-53(68,50(66)67)23-15-39(60)58-38(46(61)59-47(62)48(63)64)29-70-45-44-40-34(10-3-2-6-19-51(45)20-7-8-21-51)28-35(27-31-16-24-55-25-17-31)43(41(40)49(65)69-44)52-22-14-37-36-11-5-4-9-32(36)12-13-33(42(37)52)18-26-56-52/h4-5,9,11-13,16-17,24-25,33-34,37-38,41-42,45,47,54,56-57,62,68H,2-3,6-8,10,14-15,18-23,26-30H2,1H3,(H,58,60)(H,59,61)(H,63,64)(H,66,67)/t33-,34+,37-,38+,41+,42+,45+,47+,52-,53-/m1/s1. The number of pyridine rings is 1. The molecule has 9 rings (SSSR count). The Morgan fingerprint density at radius 1 is 0.971 bits per heavy atom. The first-order chi connectivity index (χ1) is 33.8. The van der Waals surface area contributed by atoms with Crippen LogP contribution in [0.3, 0.4) is 0 Å². The van der Waals surface area contributed by atoms with Crippen molar-refractivity contribution in [2.24, 2.45) is 29.1 Å². The first-order valence-electron chi connectivity index (χ1n) is 25.3. The van der Waals surface area contributed by atoms with Crippen LogP contribution in [-0.2, 0) is 35.1 Å². The highest BCUT2D eigenvalue weighted by Gasteiger charge is 2.62. The minimum absolute atomic E-state index is 0.0171. The number of aromatic nitrogens is 1. The number of amides is 2. The zero-order valence-corrected chi connectivity index (χ0v) is 40.7. The van der Waals surface area contributed by atoms with E-state index in [0.717, 1.165) is 101 Å². The molecule has 2 saturated carbocycles. The summed E-state index contributed by atoms with van der Waals surface area (Å²) in [5, 5.41) is 54.1. The van der Waals surface area contributed by atoms with Crippen LogP contribution in [0.1, 0.15) is 119 Å². The summed E-state index contributed by atoms with van der Waals surface area (Å²) in [6, 6.07) is 11.5. The van der Waals surface area contributed by atoms with Gasteiger partial charge in [0.2, 0.25) is 23.8 Å². The summed E-state index contributed by atoms with van der Waals surface area (Å²) in [5.74, 6) is -4.49. The Kier molecular flexibility index (Phi) is 15.0. The van der Waals surface area contributed by atoms with E-state index in [1.165, 1.54) is 34.0 Å². The Hall–Kier alpha value is -4.91. The third kappa shape index (κ3) is 9.73. The minimum atomic E-state index is -2.46. The highest BCUT2D eigenvalue weighted by Crippen LogP contribution is 2.64. The number of allylic oxidation sites excluding steroid dienone is 2. The van der Waals surface area contributed by atoms with Gasteiger partial charge in [0.05, 0.1) is 5.25 Å². The first-order valence-corrected chi connectivity index (χ1v) is 26.4. The molecule has 5 aliphatic carbocycles. The molecule has 376 valence electrons. The molecule has 3 heterocycles. The van der Waals surface area contributed by atoms with Crippen LogP contribution < -0.4 is 26.6 Å². The number of fused-ring (bicyclic) bond motifs is 2. The lowest BCUT2D eigenvalue weighted by Crippen LogP contribution is -2.59. The summed E-state index contributed by atoms with van der Waals surface area (Å²) in [6.07, 6.45) is 17.9. The Morgan fingerprint density at radius 2 is 1.73 bits per heavy atom. The maximum Gasteiger partial charge on any atom is 0.353 e. The average Bonchev–Trinajstić information content (AvgIpc) is 4.05. The van der Waals surface area contributed by atoms with E-state index in [1.54, 1.807) is 7.05 Å². The Bertz CT molecular complexity index is 2420. The summed E-state index contributed by atoms with van der Waals surface area (Å²) >= 11 is 1.42. The third-order valence-electron chi connectivity index (χ3n) is 16.8. The fourth-order valence-electron chi connectivity index (χ4n) is 13.7. The summed E-state index contributed by atoms with van der Waals surface area (Å²) in [4.78, 5) is 71.1. The molecule has 2 aromatic rings. The van der Waals surface area contributed by atoms with Gasteiger partial charge in [-0.1, -0.05) is 74.1 Å². The second-order valence-electron chi connectivity index (χ2n) is 20.8. The number of carbonyl (C=O) groups excluding carboxylic acids is 3.